The topological polar surface area (TPSA) is 40.5 Å². The molecule has 1 atom stereocenters. The van der Waals surface area contributed by atoms with Crippen molar-refractivity contribution in [2.75, 3.05) is 0 Å². The molecule has 1 saturated carbocycles. The van der Waals surface area contributed by atoms with Crippen LogP contribution in [0.1, 0.15) is 72.6 Å². The van der Waals surface area contributed by atoms with Crippen LogP contribution in [0.3, 0.4) is 0 Å². The lowest BCUT2D eigenvalue weighted by molar-refractivity contribution is -0.279. The van der Waals surface area contributed by atoms with E-state index in [-0.39, 0.29) is 5.41 Å². The van der Waals surface area contributed by atoms with Gasteiger partial charge < -0.3 is 10.2 Å². The highest BCUT2D eigenvalue weighted by atomic mass is 16.5. The molecule has 0 radical (unpaired) electrons. The second kappa shape index (κ2) is 5.71. The van der Waals surface area contributed by atoms with Crippen molar-refractivity contribution >= 4 is 0 Å². The molecule has 2 nitrogen and oxygen atoms in total. The van der Waals surface area contributed by atoms with Gasteiger partial charge in [-0.1, -0.05) is 47.0 Å². The molecule has 1 aliphatic carbocycles. The Morgan fingerprint density at radius 2 is 1.65 bits per heavy atom. The molecule has 1 fully saturated rings. The second-order valence-electron chi connectivity index (χ2n) is 6.10. The first-order valence-electron chi connectivity index (χ1n) is 7.37. The van der Waals surface area contributed by atoms with Crippen molar-refractivity contribution in [3.8, 4) is 0 Å². The molecule has 102 valence electrons. The molecule has 0 spiro atoms. The summed E-state index contributed by atoms with van der Waals surface area (Å²) in [5.41, 5.74) is -0.312. The maximum atomic E-state index is 10.6. The lowest BCUT2D eigenvalue weighted by Gasteiger charge is -2.51. The predicted octanol–water partition coefficient (Wildman–Crippen LogP) is 3.71. The molecule has 0 heterocycles. The van der Waals surface area contributed by atoms with Crippen LogP contribution in [0.2, 0.25) is 0 Å². The molecule has 17 heavy (non-hydrogen) atoms. The summed E-state index contributed by atoms with van der Waals surface area (Å²) in [5.74, 6) is -0.704. The number of hydrogen-bond acceptors (Lipinski definition) is 2. The van der Waals surface area contributed by atoms with Crippen LogP contribution < -0.4 is 0 Å². The first-order chi connectivity index (χ1) is 7.92. The van der Waals surface area contributed by atoms with Crippen LogP contribution in [0.5, 0.6) is 0 Å². The highest BCUT2D eigenvalue weighted by molar-refractivity contribution is 4.99. The van der Waals surface area contributed by atoms with Crippen LogP contribution >= 0.6 is 0 Å². The Balaban J connectivity index is 3.11. The van der Waals surface area contributed by atoms with E-state index in [4.69, 9.17) is 0 Å². The monoisotopic (exact) mass is 242 g/mol. The summed E-state index contributed by atoms with van der Waals surface area (Å²) in [6.45, 7) is 8.36. The summed E-state index contributed by atoms with van der Waals surface area (Å²) in [4.78, 5) is 0. The van der Waals surface area contributed by atoms with Crippen LogP contribution in [0.15, 0.2) is 0 Å². The minimum Gasteiger partial charge on any atom is -0.365 e. The molecule has 2 heteroatoms. The zero-order valence-electron chi connectivity index (χ0n) is 12.0. The molecular formula is C15H30O2. The van der Waals surface area contributed by atoms with Gasteiger partial charge in [0.1, 0.15) is 0 Å². The fourth-order valence-corrected chi connectivity index (χ4v) is 4.14. The highest BCUT2D eigenvalue weighted by Gasteiger charge is 2.54. The summed E-state index contributed by atoms with van der Waals surface area (Å²) < 4.78 is 0. The van der Waals surface area contributed by atoms with Gasteiger partial charge in [0.05, 0.1) is 0 Å². The quantitative estimate of drug-likeness (QED) is 0.697. The third-order valence-corrected chi connectivity index (χ3v) is 5.02. The van der Waals surface area contributed by atoms with E-state index in [1.807, 2.05) is 6.92 Å². The summed E-state index contributed by atoms with van der Waals surface area (Å²) >= 11 is 0. The standard InChI is InChI=1S/C15H30O2/c1-5-11-14(12(3)4,15(16,17)6-2)13-9-7-8-10-13/h12-13,16-17H,5-11H2,1-4H3. The molecule has 0 aromatic heterocycles. The lowest BCUT2D eigenvalue weighted by Crippen LogP contribution is -2.55. The molecule has 0 aromatic rings. The van der Waals surface area contributed by atoms with E-state index in [9.17, 15) is 10.2 Å². The van der Waals surface area contributed by atoms with Crippen LogP contribution in [0.25, 0.3) is 0 Å². The maximum absolute atomic E-state index is 10.6. The van der Waals surface area contributed by atoms with Gasteiger partial charge >= 0.3 is 0 Å². The lowest BCUT2D eigenvalue weighted by atomic mass is 9.58. The summed E-state index contributed by atoms with van der Waals surface area (Å²) in [5, 5.41) is 21.1. The Labute approximate surface area is 106 Å². The first kappa shape index (κ1) is 15.0. The Morgan fingerprint density at radius 3 is 2.00 bits per heavy atom. The minimum absolute atomic E-state index is 0.312. The van der Waals surface area contributed by atoms with Crippen LogP contribution in [-0.2, 0) is 0 Å². The van der Waals surface area contributed by atoms with Crippen LogP contribution in [0, 0.1) is 17.3 Å². The number of aliphatic hydroxyl groups is 2. The number of rotatable bonds is 6. The average molecular weight is 242 g/mol. The van der Waals surface area contributed by atoms with E-state index in [0.29, 0.717) is 18.3 Å². The van der Waals surface area contributed by atoms with E-state index < -0.39 is 5.79 Å². The molecular weight excluding hydrogens is 212 g/mol. The van der Waals surface area contributed by atoms with Crippen molar-refractivity contribution in [3.63, 3.8) is 0 Å². The Morgan fingerprint density at radius 1 is 1.12 bits per heavy atom. The molecule has 0 amide bonds. The van der Waals surface area contributed by atoms with Crippen molar-refractivity contribution in [1.82, 2.24) is 0 Å². The summed E-state index contributed by atoms with van der Waals surface area (Å²) in [6, 6.07) is 0. The molecule has 0 aliphatic heterocycles. The van der Waals surface area contributed by atoms with E-state index in [2.05, 4.69) is 20.8 Å². The first-order valence-corrected chi connectivity index (χ1v) is 7.37. The summed E-state index contributed by atoms with van der Waals surface area (Å²) in [7, 11) is 0. The third-order valence-electron chi connectivity index (χ3n) is 5.02. The molecule has 1 rings (SSSR count). The van der Waals surface area contributed by atoms with Gasteiger partial charge in [0.2, 0.25) is 0 Å². The Hall–Kier alpha value is -0.0800. The predicted molar refractivity (Wildman–Crippen MR) is 71.6 cm³/mol. The average Bonchev–Trinajstić information content (AvgIpc) is 2.78. The van der Waals surface area contributed by atoms with Crippen molar-refractivity contribution in [2.24, 2.45) is 17.3 Å². The molecule has 1 aliphatic rings. The van der Waals surface area contributed by atoms with Gasteiger partial charge in [0, 0.05) is 5.41 Å². The van der Waals surface area contributed by atoms with Gasteiger partial charge in [-0.15, -0.1) is 0 Å². The maximum Gasteiger partial charge on any atom is 0.168 e. The summed E-state index contributed by atoms with van der Waals surface area (Å²) in [6.07, 6.45) is 7.22. The zero-order valence-corrected chi connectivity index (χ0v) is 12.0. The van der Waals surface area contributed by atoms with Crippen LogP contribution in [-0.4, -0.2) is 16.0 Å². The van der Waals surface area contributed by atoms with E-state index >= 15 is 0 Å². The van der Waals surface area contributed by atoms with Crippen molar-refractivity contribution in [1.29, 1.82) is 0 Å². The molecule has 0 bridgehead atoms. The normalized spacial score (nSPS) is 22.1. The third kappa shape index (κ3) is 2.53. The molecule has 2 N–H and O–H groups in total. The fourth-order valence-electron chi connectivity index (χ4n) is 4.14. The van der Waals surface area contributed by atoms with Crippen molar-refractivity contribution in [3.05, 3.63) is 0 Å². The fraction of sp³-hybridized carbons (Fsp3) is 1.00. The van der Waals surface area contributed by atoms with Gasteiger partial charge in [-0.25, -0.2) is 0 Å². The largest absolute Gasteiger partial charge is 0.365 e. The molecule has 0 aromatic carbocycles. The molecule has 1 unspecified atom stereocenters. The SMILES string of the molecule is CCCC(C(C)C)(C1CCCC1)C(O)(O)CC. The van der Waals surface area contributed by atoms with Gasteiger partial charge in [-0.2, -0.15) is 0 Å². The number of hydrogen-bond donors (Lipinski definition) is 2. The van der Waals surface area contributed by atoms with Gasteiger partial charge in [-0.3, -0.25) is 0 Å². The van der Waals surface area contributed by atoms with Crippen molar-refractivity contribution < 1.29 is 10.2 Å². The van der Waals surface area contributed by atoms with Gasteiger partial charge in [0.15, 0.2) is 5.79 Å². The van der Waals surface area contributed by atoms with E-state index in [1.165, 1.54) is 25.7 Å². The van der Waals surface area contributed by atoms with Crippen LogP contribution in [0.4, 0.5) is 0 Å². The Kier molecular flexibility index (Phi) is 5.03. The Bertz CT molecular complexity index is 229. The second-order valence-corrected chi connectivity index (χ2v) is 6.10. The molecule has 0 saturated heterocycles. The minimum atomic E-state index is -1.51. The van der Waals surface area contributed by atoms with Gasteiger partial charge in [-0.05, 0) is 37.5 Å². The highest BCUT2D eigenvalue weighted by Crippen LogP contribution is 2.54. The van der Waals surface area contributed by atoms with E-state index in [1.54, 1.807) is 0 Å². The zero-order chi connectivity index (χ0) is 13.1. The van der Waals surface area contributed by atoms with Gasteiger partial charge in [0.25, 0.3) is 0 Å². The smallest absolute Gasteiger partial charge is 0.168 e. The van der Waals surface area contributed by atoms with Crippen molar-refractivity contribution in [2.45, 2.75) is 78.4 Å². The van der Waals surface area contributed by atoms with E-state index in [0.717, 1.165) is 12.8 Å².